The summed E-state index contributed by atoms with van der Waals surface area (Å²) in [5.41, 5.74) is 1.79. The van der Waals surface area contributed by atoms with Crippen LogP contribution in [-0.2, 0) is 17.6 Å². The predicted molar refractivity (Wildman–Crippen MR) is 112 cm³/mol. The van der Waals surface area contributed by atoms with Crippen molar-refractivity contribution in [2.24, 2.45) is 0 Å². The third-order valence-corrected chi connectivity index (χ3v) is 7.03. The van der Waals surface area contributed by atoms with E-state index in [-0.39, 0.29) is 17.2 Å². The molecule has 27 heavy (non-hydrogen) atoms. The van der Waals surface area contributed by atoms with Gasteiger partial charge in [0.15, 0.2) is 5.16 Å². The van der Waals surface area contributed by atoms with Crippen molar-refractivity contribution in [2.75, 3.05) is 12.8 Å². The average Bonchev–Trinajstić information content (AvgIpc) is 3.05. The second kappa shape index (κ2) is 7.66. The van der Waals surface area contributed by atoms with Gasteiger partial charge in [-0.2, -0.15) is 0 Å². The van der Waals surface area contributed by atoms with Crippen LogP contribution in [0.3, 0.4) is 0 Å². The molecule has 2 heterocycles. The summed E-state index contributed by atoms with van der Waals surface area (Å²) in [5.74, 6) is 0.0927. The Balaban J connectivity index is 1.93. The first-order chi connectivity index (χ1) is 13.1. The first-order valence-electron chi connectivity index (χ1n) is 8.75. The average molecular weight is 420 g/mol. The first-order valence-corrected chi connectivity index (χ1v) is 10.9. The van der Waals surface area contributed by atoms with Crippen LogP contribution in [0.4, 0.5) is 0 Å². The Bertz CT molecular complexity index is 1070. The summed E-state index contributed by atoms with van der Waals surface area (Å²) >= 11 is 8.90. The van der Waals surface area contributed by atoms with E-state index >= 15 is 0 Å². The summed E-state index contributed by atoms with van der Waals surface area (Å²) in [6, 6.07) is 7.12. The van der Waals surface area contributed by atoms with Crippen molar-refractivity contribution >= 4 is 50.8 Å². The quantitative estimate of drug-likeness (QED) is 0.515. The molecule has 0 aliphatic heterocycles. The Kier molecular flexibility index (Phi) is 5.25. The molecule has 0 fully saturated rings. The van der Waals surface area contributed by atoms with E-state index < -0.39 is 0 Å². The number of halogens is 1. The molecule has 1 aromatic carbocycles. The summed E-state index contributed by atoms with van der Waals surface area (Å²) in [4.78, 5) is 32.0. The summed E-state index contributed by atoms with van der Waals surface area (Å²) in [7, 11) is 1.60. The molecule has 5 nitrogen and oxygen atoms in total. The van der Waals surface area contributed by atoms with Gasteiger partial charge in [-0.25, -0.2) is 4.98 Å². The molecule has 8 heteroatoms. The molecule has 0 bridgehead atoms. The SMILES string of the molecule is CNC(=O)CSc1nc2sc3c(c2c(=O)n1-c1ccc(Cl)cc1)CCCC3. The topological polar surface area (TPSA) is 64.0 Å². The number of rotatable bonds is 4. The molecule has 0 atom stereocenters. The molecular weight excluding hydrogens is 402 g/mol. The number of fused-ring (bicyclic) bond motifs is 3. The Labute approximate surface area is 169 Å². The summed E-state index contributed by atoms with van der Waals surface area (Å²) in [6.07, 6.45) is 4.20. The van der Waals surface area contributed by atoms with E-state index in [9.17, 15) is 9.59 Å². The Morgan fingerprint density at radius 2 is 2.04 bits per heavy atom. The smallest absolute Gasteiger partial charge is 0.267 e. The highest BCUT2D eigenvalue weighted by Gasteiger charge is 2.23. The third-order valence-electron chi connectivity index (χ3n) is 4.65. The van der Waals surface area contributed by atoms with Gasteiger partial charge < -0.3 is 5.32 Å². The molecule has 1 amide bonds. The van der Waals surface area contributed by atoms with E-state index in [1.165, 1.54) is 16.6 Å². The van der Waals surface area contributed by atoms with E-state index in [2.05, 4.69) is 5.32 Å². The number of aryl methyl sites for hydroxylation is 2. The van der Waals surface area contributed by atoms with Crippen molar-refractivity contribution < 1.29 is 4.79 Å². The zero-order chi connectivity index (χ0) is 19.0. The van der Waals surface area contributed by atoms with Crippen molar-refractivity contribution in [1.82, 2.24) is 14.9 Å². The van der Waals surface area contributed by atoms with Crippen LogP contribution in [0.1, 0.15) is 23.3 Å². The highest BCUT2D eigenvalue weighted by atomic mass is 35.5. The number of carbonyl (C=O) groups is 1. The standard InChI is InChI=1S/C19H18ClN3O2S2/c1-21-15(24)10-26-19-22-17-16(13-4-2-3-5-14(13)27-17)18(25)23(19)12-8-6-11(20)7-9-12/h6-9H,2-5,10H2,1H3,(H,21,24). The van der Waals surface area contributed by atoms with Gasteiger partial charge in [-0.05, 0) is 55.5 Å². The van der Waals surface area contributed by atoms with Gasteiger partial charge in [-0.15, -0.1) is 11.3 Å². The number of thioether (sulfide) groups is 1. The van der Waals surface area contributed by atoms with Crippen LogP contribution in [0.2, 0.25) is 5.02 Å². The van der Waals surface area contributed by atoms with Crippen molar-refractivity contribution in [3.8, 4) is 5.69 Å². The molecule has 1 aliphatic rings. The molecule has 1 aliphatic carbocycles. The van der Waals surface area contributed by atoms with Gasteiger partial charge in [-0.1, -0.05) is 23.4 Å². The number of amides is 1. The van der Waals surface area contributed by atoms with Crippen LogP contribution in [0.15, 0.2) is 34.2 Å². The monoisotopic (exact) mass is 419 g/mol. The number of benzene rings is 1. The van der Waals surface area contributed by atoms with E-state index in [0.29, 0.717) is 15.9 Å². The van der Waals surface area contributed by atoms with Crippen LogP contribution in [-0.4, -0.2) is 28.3 Å². The lowest BCUT2D eigenvalue weighted by Gasteiger charge is -2.13. The zero-order valence-corrected chi connectivity index (χ0v) is 17.1. The molecule has 4 rings (SSSR count). The lowest BCUT2D eigenvalue weighted by Crippen LogP contribution is -2.24. The number of carbonyl (C=O) groups excluding carboxylic acids is 1. The molecule has 0 spiro atoms. The van der Waals surface area contributed by atoms with Gasteiger partial charge in [0.1, 0.15) is 4.83 Å². The Hall–Kier alpha value is -1.83. The number of hydrogen-bond acceptors (Lipinski definition) is 5. The van der Waals surface area contributed by atoms with E-state index in [0.717, 1.165) is 41.5 Å². The van der Waals surface area contributed by atoms with Crippen LogP contribution in [0.25, 0.3) is 15.9 Å². The van der Waals surface area contributed by atoms with Crippen molar-refractivity contribution in [3.05, 3.63) is 50.1 Å². The molecule has 0 saturated heterocycles. The molecule has 1 N–H and O–H groups in total. The molecule has 2 aromatic heterocycles. The van der Waals surface area contributed by atoms with Gasteiger partial charge >= 0.3 is 0 Å². The van der Waals surface area contributed by atoms with Crippen LogP contribution >= 0.6 is 34.7 Å². The van der Waals surface area contributed by atoms with Gasteiger partial charge in [0, 0.05) is 16.9 Å². The van der Waals surface area contributed by atoms with Gasteiger partial charge in [0.25, 0.3) is 5.56 Å². The van der Waals surface area contributed by atoms with E-state index in [1.807, 2.05) is 0 Å². The maximum Gasteiger partial charge on any atom is 0.267 e. The molecule has 3 aromatic rings. The lowest BCUT2D eigenvalue weighted by atomic mass is 9.97. The summed E-state index contributed by atoms with van der Waals surface area (Å²) < 4.78 is 1.61. The number of aromatic nitrogens is 2. The van der Waals surface area contributed by atoms with Gasteiger partial charge in [0.05, 0.1) is 16.8 Å². The van der Waals surface area contributed by atoms with Crippen molar-refractivity contribution in [2.45, 2.75) is 30.8 Å². The highest BCUT2D eigenvalue weighted by Crippen LogP contribution is 2.35. The molecule has 140 valence electrons. The van der Waals surface area contributed by atoms with Crippen LogP contribution in [0.5, 0.6) is 0 Å². The molecule has 0 saturated carbocycles. The molecular formula is C19H18ClN3O2S2. The third kappa shape index (κ3) is 3.51. The molecule has 0 unspecified atom stereocenters. The van der Waals surface area contributed by atoms with Gasteiger partial charge in [0.2, 0.25) is 5.91 Å². The minimum Gasteiger partial charge on any atom is -0.358 e. The van der Waals surface area contributed by atoms with E-state index in [4.69, 9.17) is 16.6 Å². The summed E-state index contributed by atoms with van der Waals surface area (Å²) in [6.45, 7) is 0. The Morgan fingerprint density at radius 1 is 1.30 bits per heavy atom. The van der Waals surface area contributed by atoms with Crippen LogP contribution < -0.4 is 10.9 Å². The second-order valence-corrected chi connectivity index (χ2v) is 8.83. The minimum atomic E-state index is -0.109. The van der Waals surface area contributed by atoms with Crippen LogP contribution in [0, 0.1) is 0 Å². The first kappa shape index (κ1) is 18.5. The Morgan fingerprint density at radius 3 is 2.78 bits per heavy atom. The largest absolute Gasteiger partial charge is 0.358 e. The van der Waals surface area contributed by atoms with E-state index in [1.54, 1.807) is 47.2 Å². The predicted octanol–water partition coefficient (Wildman–Crippen LogP) is 3.82. The van der Waals surface area contributed by atoms with Crippen molar-refractivity contribution in [3.63, 3.8) is 0 Å². The number of thiophene rings is 1. The second-order valence-electron chi connectivity index (χ2n) is 6.36. The fraction of sp³-hybridized carbons (Fsp3) is 0.316. The number of hydrogen-bond donors (Lipinski definition) is 1. The maximum atomic E-state index is 13.5. The summed E-state index contributed by atoms with van der Waals surface area (Å²) in [5, 5.41) is 4.46. The minimum absolute atomic E-state index is 0.0684. The lowest BCUT2D eigenvalue weighted by molar-refractivity contribution is -0.118. The maximum absolute atomic E-state index is 13.5. The fourth-order valence-electron chi connectivity index (χ4n) is 3.30. The molecule has 0 radical (unpaired) electrons. The highest BCUT2D eigenvalue weighted by molar-refractivity contribution is 7.99. The van der Waals surface area contributed by atoms with Gasteiger partial charge in [-0.3, -0.25) is 14.2 Å². The van der Waals surface area contributed by atoms with Crippen molar-refractivity contribution in [1.29, 1.82) is 0 Å². The normalized spacial score (nSPS) is 13.6. The zero-order valence-electron chi connectivity index (χ0n) is 14.8. The number of nitrogens with zero attached hydrogens (tertiary/aromatic N) is 2. The number of nitrogens with one attached hydrogen (secondary N) is 1. The fourth-order valence-corrected chi connectivity index (χ4v) is 5.62.